The molecule has 0 unspecified atom stereocenters. The van der Waals surface area contributed by atoms with Gasteiger partial charge in [-0.2, -0.15) is 0 Å². The number of rotatable bonds is 17. The van der Waals surface area contributed by atoms with Crippen molar-refractivity contribution in [2.75, 3.05) is 6.61 Å². The highest BCUT2D eigenvalue weighted by Gasteiger charge is 2.32. The highest BCUT2D eigenvalue weighted by Crippen LogP contribution is 2.23. The van der Waals surface area contributed by atoms with Crippen molar-refractivity contribution in [2.24, 2.45) is 0 Å². The SMILES string of the molecule is CC(C)(C)OC(=O)N[C@@H](C(=O)N[C@@H](CO)C(=O)N[C@H](C(=O)OCc1ccccc1)c1ccc(OCc2ccccc2)cc1)c1ccc(OCc2ccccc2)cc1. The van der Waals surface area contributed by atoms with Gasteiger partial charge in [0.15, 0.2) is 6.04 Å². The molecule has 3 amide bonds. The van der Waals surface area contributed by atoms with Gasteiger partial charge < -0.3 is 40.0 Å². The van der Waals surface area contributed by atoms with Crippen LogP contribution in [-0.4, -0.2) is 47.2 Å². The maximum atomic E-state index is 13.9. The lowest BCUT2D eigenvalue weighted by molar-refractivity contribution is -0.149. The number of benzene rings is 5. The van der Waals surface area contributed by atoms with Crippen molar-refractivity contribution in [1.82, 2.24) is 16.0 Å². The number of aliphatic hydroxyl groups excluding tert-OH is 1. The Bertz CT molecular complexity index is 2040. The predicted octanol–water partition coefficient (Wildman–Crippen LogP) is 6.49. The van der Waals surface area contributed by atoms with Crippen LogP contribution in [0.15, 0.2) is 140 Å². The van der Waals surface area contributed by atoms with E-state index in [2.05, 4.69) is 16.0 Å². The molecule has 0 aliphatic heterocycles. The summed E-state index contributed by atoms with van der Waals surface area (Å²) in [7, 11) is 0. The first kappa shape index (κ1) is 41.5. The summed E-state index contributed by atoms with van der Waals surface area (Å²) < 4.78 is 22.8. The van der Waals surface area contributed by atoms with Crippen molar-refractivity contribution in [3.05, 3.63) is 167 Å². The minimum absolute atomic E-state index is 0.0570. The van der Waals surface area contributed by atoms with E-state index in [1.54, 1.807) is 81.4 Å². The van der Waals surface area contributed by atoms with Crippen LogP contribution in [0.1, 0.15) is 60.7 Å². The van der Waals surface area contributed by atoms with Crippen molar-refractivity contribution in [1.29, 1.82) is 0 Å². The Kier molecular flexibility index (Phi) is 14.8. The Morgan fingerprint density at radius 3 is 1.42 bits per heavy atom. The number of amides is 3. The second kappa shape index (κ2) is 20.3. The average Bonchev–Trinajstić information content (AvgIpc) is 3.22. The zero-order valence-corrected chi connectivity index (χ0v) is 32.1. The maximum absolute atomic E-state index is 13.9. The molecule has 0 spiro atoms. The molecule has 0 fully saturated rings. The third-order valence-corrected chi connectivity index (χ3v) is 8.41. The van der Waals surface area contributed by atoms with Crippen molar-refractivity contribution < 1.29 is 43.2 Å². The summed E-state index contributed by atoms with van der Waals surface area (Å²) in [6.07, 6.45) is -0.880. The van der Waals surface area contributed by atoms with E-state index in [9.17, 15) is 24.3 Å². The molecule has 0 saturated heterocycles. The van der Waals surface area contributed by atoms with Gasteiger partial charge in [-0.15, -0.1) is 0 Å². The minimum atomic E-state index is -1.54. The Morgan fingerprint density at radius 1 is 0.544 bits per heavy atom. The zero-order chi connectivity index (χ0) is 40.6. The molecule has 0 aromatic heterocycles. The fourth-order valence-electron chi connectivity index (χ4n) is 5.50. The largest absolute Gasteiger partial charge is 0.489 e. The third kappa shape index (κ3) is 13.3. The first-order chi connectivity index (χ1) is 27.5. The third-order valence-electron chi connectivity index (χ3n) is 8.41. The molecule has 57 heavy (non-hydrogen) atoms. The molecule has 5 aromatic rings. The summed E-state index contributed by atoms with van der Waals surface area (Å²) in [5.41, 5.74) is 2.52. The molecule has 12 heteroatoms. The molecular formula is C45H47N3O9. The monoisotopic (exact) mass is 773 g/mol. The molecule has 0 aliphatic carbocycles. The molecule has 0 saturated carbocycles. The van der Waals surface area contributed by atoms with Crippen LogP contribution in [-0.2, 0) is 43.7 Å². The summed E-state index contributed by atoms with van der Waals surface area (Å²) in [4.78, 5) is 54.1. The van der Waals surface area contributed by atoms with E-state index in [1.165, 1.54) is 0 Å². The smallest absolute Gasteiger partial charge is 0.408 e. The van der Waals surface area contributed by atoms with Crippen molar-refractivity contribution >= 4 is 23.9 Å². The van der Waals surface area contributed by atoms with Gasteiger partial charge in [0.1, 0.15) is 49.0 Å². The molecule has 0 heterocycles. The number of carbonyl (C=O) groups is 4. The Labute approximate surface area is 332 Å². The fourth-order valence-corrected chi connectivity index (χ4v) is 5.50. The highest BCUT2D eigenvalue weighted by molar-refractivity contribution is 5.94. The Hall–Kier alpha value is -6.66. The van der Waals surface area contributed by atoms with Crippen LogP contribution in [0.3, 0.4) is 0 Å². The van der Waals surface area contributed by atoms with Gasteiger partial charge in [-0.1, -0.05) is 115 Å². The molecule has 4 N–H and O–H groups in total. The van der Waals surface area contributed by atoms with E-state index in [1.807, 2.05) is 78.9 Å². The van der Waals surface area contributed by atoms with Gasteiger partial charge in [0, 0.05) is 0 Å². The molecule has 12 nitrogen and oxygen atoms in total. The number of hydrogen-bond acceptors (Lipinski definition) is 9. The number of alkyl carbamates (subject to hydrolysis) is 1. The van der Waals surface area contributed by atoms with Gasteiger partial charge in [-0.25, -0.2) is 9.59 Å². The molecule has 3 atom stereocenters. The normalized spacial score (nSPS) is 12.6. The lowest BCUT2D eigenvalue weighted by Gasteiger charge is -2.26. The number of esters is 1. The molecule has 0 bridgehead atoms. The number of hydrogen-bond donors (Lipinski definition) is 4. The van der Waals surface area contributed by atoms with Crippen LogP contribution in [0, 0.1) is 0 Å². The molecule has 5 aromatic carbocycles. The van der Waals surface area contributed by atoms with Crippen LogP contribution in [0.4, 0.5) is 4.79 Å². The maximum Gasteiger partial charge on any atom is 0.408 e. The summed E-state index contributed by atoms with van der Waals surface area (Å²) in [5.74, 6) is -1.42. The van der Waals surface area contributed by atoms with Crippen molar-refractivity contribution in [3.8, 4) is 11.5 Å². The first-order valence-corrected chi connectivity index (χ1v) is 18.4. The van der Waals surface area contributed by atoms with E-state index in [4.69, 9.17) is 18.9 Å². The van der Waals surface area contributed by atoms with Crippen LogP contribution < -0.4 is 25.4 Å². The Balaban J connectivity index is 1.31. The highest BCUT2D eigenvalue weighted by atomic mass is 16.6. The molecular weight excluding hydrogens is 727 g/mol. The van der Waals surface area contributed by atoms with Crippen LogP contribution in [0.2, 0.25) is 0 Å². The van der Waals surface area contributed by atoms with E-state index < -0.39 is 54.2 Å². The van der Waals surface area contributed by atoms with Gasteiger partial charge in [-0.05, 0) is 72.9 Å². The summed E-state index contributed by atoms with van der Waals surface area (Å²) in [6, 6.07) is 37.1. The fraction of sp³-hybridized carbons (Fsp3) is 0.244. The molecule has 296 valence electrons. The zero-order valence-electron chi connectivity index (χ0n) is 32.1. The van der Waals surface area contributed by atoms with Crippen molar-refractivity contribution in [3.63, 3.8) is 0 Å². The van der Waals surface area contributed by atoms with Gasteiger partial charge in [0.25, 0.3) is 0 Å². The summed E-state index contributed by atoms with van der Waals surface area (Å²) in [6.45, 7) is 4.80. The second-order valence-electron chi connectivity index (χ2n) is 14.0. The van der Waals surface area contributed by atoms with E-state index in [-0.39, 0.29) is 6.61 Å². The lowest BCUT2D eigenvalue weighted by atomic mass is 10.0. The van der Waals surface area contributed by atoms with Gasteiger partial charge >= 0.3 is 12.1 Å². The van der Waals surface area contributed by atoms with E-state index in [0.717, 1.165) is 16.7 Å². The number of ether oxygens (including phenoxy) is 4. The molecule has 0 radical (unpaired) electrons. The van der Waals surface area contributed by atoms with E-state index in [0.29, 0.717) is 35.8 Å². The second-order valence-corrected chi connectivity index (χ2v) is 14.0. The topological polar surface area (TPSA) is 162 Å². The first-order valence-electron chi connectivity index (χ1n) is 18.4. The average molecular weight is 774 g/mol. The van der Waals surface area contributed by atoms with Gasteiger partial charge in [-0.3, -0.25) is 9.59 Å². The molecule has 5 rings (SSSR count). The quantitative estimate of drug-likeness (QED) is 0.0775. The predicted molar refractivity (Wildman–Crippen MR) is 213 cm³/mol. The number of nitrogens with one attached hydrogen (secondary N) is 3. The van der Waals surface area contributed by atoms with Gasteiger partial charge in [0.2, 0.25) is 11.8 Å². The lowest BCUT2D eigenvalue weighted by Crippen LogP contribution is -2.53. The number of carbonyl (C=O) groups excluding carboxylic acids is 4. The van der Waals surface area contributed by atoms with Crippen LogP contribution >= 0.6 is 0 Å². The number of aliphatic hydroxyl groups is 1. The Morgan fingerprint density at radius 2 is 0.982 bits per heavy atom. The van der Waals surface area contributed by atoms with E-state index >= 15 is 0 Å². The minimum Gasteiger partial charge on any atom is -0.489 e. The van der Waals surface area contributed by atoms with Crippen molar-refractivity contribution in [2.45, 2.75) is 64.3 Å². The summed E-state index contributed by atoms with van der Waals surface area (Å²) in [5, 5.41) is 18.1. The van der Waals surface area contributed by atoms with Gasteiger partial charge in [0.05, 0.1) is 6.61 Å². The standard InChI is InChI=1S/C45H47N3O9/c1-45(2,3)57-44(53)48-39(34-19-23-36(24-20-34)54-28-31-13-7-4-8-14-31)42(51)46-38(27-49)41(50)47-40(43(52)56-30-33-17-11-6-12-18-33)35-21-25-37(26-22-35)55-29-32-15-9-5-10-16-32/h4-26,38-40,49H,27-30H2,1-3H3,(H,46,51)(H,47,50)(H,48,53)/t38-,39+,40-/m0/s1. The van der Waals surface area contributed by atoms with Crippen LogP contribution in [0.5, 0.6) is 11.5 Å². The van der Waals surface area contributed by atoms with Crippen LogP contribution in [0.25, 0.3) is 0 Å². The summed E-state index contributed by atoms with van der Waals surface area (Å²) >= 11 is 0. The molecule has 0 aliphatic rings.